The summed E-state index contributed by atoms with van der Waals surface area (Å²) in [6.45, 7) is 7.32. The van der Waals surface area contributed by atoms with Gasteiger partial charge in [0.05, 0.1) is 33.0 Å². The van der Waals surface area contributed by atoms with E-state index in [9.17, 15) is 0 Å². The summed E-state index contributed by atoms with van der Waals surface area (Å²) < 4.78 is 11.3. The van der Waals surface area contributed by atoms with Gasteiger partial charge in [0.1, 0.15) is 0 Å². The molecular weight excluding hydrogens is 491 g/mol. The number of nitrogens with one attached hydrogen (secondary N) is 1. The van der Waals surface area contributed by atoms with E-state index in [2.05, 4.69) is 39.5 Å². The first-order chi connectivity index (χ1) is 14.3. The molecule has 1 saturated heterocycles. The molecular formula is C23H33IN4O2. The number of aliphatic imine (C=N–C) groups is 1. The number of hydrogen-bond donors (Lipinski definition) is 2. The van der Waals surface area contributed by atoms with Gasteiger partial charge in [0.25, 0.3) is 0 Å². The molecule has 164 valence electrons. The molecule has 1 aliphatic heterocycles. The highest BCUT2D eigenvalue weighted by molar-refractivity contribution is 14.0. The first kappa shape index (κ1) is 24.6. The molecule has 0 unspecified atom stereocenters. The predicted octanol–water partition coefficient (Wildman–Crippen LogP) is 3.15. The van der Waals surface area contributed by atoms with Gasteiger partial charge in [0, 0.05) is 19.6 Å². The van der Waals surface area contributed by atoms with E-state index in [1.807, 2.05) is 30.3 Å². The minimum absolute atomic E-state index is 0. The molecule has 0 amide bonds. The van der Waals surface area contributed by atoms with Crippen molar-refractivity contribution in [3.63, 3.8) is 0 Å². The van der Waals surface area contributed by atoms with Crippen molar-refractivity contribution in [2.45, 2.75) is 26.2 Å². The number of ether oxygens (including phenoxy) is 2. The molecule has 2 aromatic rings. The van der Waals surface area contributed by atoms with Crippen LogP contribution in [0.1, 0.15) is 23.1 Å². The van der Waals surface area contributed by atoms with E-state index >= 15 is 0 Å². The average Bonchev–Trinajstić information content (AvgIpc) is 2.77. The molecule has 0 atom stereocenters. The minimum Gasteiger partial charge on any atom is -0.379 e. The van der Waals surface area contributed by atoms with Crippen LogP contribution < -0.4 is 11.1 Å². The van der Waals surface area contributed by atoms with Crippen LogP contribution in [0.4, 0.5) is 0 Å². The molecule has 30 heavy (non-hydrogen) atoms. The smallest absolute Gasteiger partial charge is 0.188 e. The fourth-order valence-corrected chi connectivity index (χ4v) is 3.28. The van der Waals surface area contributed by atoms with Crippen LogP contribution in [0.5, 0.6) is 0 Å². The summed E-state index contributed by atoms with van der Waals surface area (Å²) in [5.41, 5.74) is 9.50. The Balaban J connectivity index is 0.00000320. The number of halogens is 1. The van der Waals surface area contributed by atoms with E-state index < -0.39 is 0 Å². The lowest BCUT2D eigenvalue weighted by Gasteiger charge is -2.26. The Morgan fingerprint density at radius 1 is 1.00 bits per heavy atom. The normalized spacial score (nSPS) is 14.9. The highest BCUT2D eigenvalue weighted by Crippen LogP contribution is 2.13. The molecule has 6 nitrogen and oxygen atoms in total. The second-order valence-electron chi connectivity index (χ2n) is 7.18. The molecule has 0 spiro atoms. The summed E-state index contributed by atoms with van der Waals surface area (Å²) in [6.07, 6.45) is 1.04. The maximum atomic E-state index is 6.04. The number of morpholine rings is 1. The second kappa shape index (κ2) is 14.3. The van der Waals surface area contributed by atoms with Gasteiger partial charge in [0.15, 0.2) is 5.96 Å². The zero-order valence-corrected chi connectivity index (χ0v) is 19.8. The van der Waals surface area contributed by atoms with Crippen LogP contribution >= 0.6 is 24.0 Å². The van der Waals surface area contributed by atoms with Crippen LogP contribution in [0.25, 0.3) is 0 Å². The molecule has 1 heterocycles. The number of guanidine groups is 1. The first-order valence-corrected chi connectivity index (χ1v) is 10.3. The molecule has 1 fully saturated rings. The third-order valence-electron chi connectivity index (χ3n) is 4.97. The number of nitrogens with two attached hydrogens (primary N) is 1. The van der Waals surface area contributed by atoms with E-state index in [0.717, 1.165) is 56.9 Å². The number of benzene rings is 2. The molecule has 3 rings (SSSR count). The Hall–Kier alpha value is -1.68. The second-order valence-corrected chi connectivity index (χ2v) is 7.18. The zero-order valence-electron chi connectivity index (χ0n) is 17.5. The fraction of sp³-hybridized carbons (Fsp3) is 0.435. The van der Waals surface area contributed by atoms with Crippen LogP contribution in [-0.4, -0.2) is 50.3 Å². The quantitative estimate of drug-likeness (QED) is 0.216. The third-order valence-corrected chi connectivity index (χ3v) is 4.97. The predicted molar refractivity (Wildman–Crippen MR) is 132 cm³/mol. The topological polar surface area (TPSA) is 72.1 Å². The van der Waals surface area contributed by atoms with Crippen LogP contribution in [0.15, 0.2) is 59.6 Å². The van der Waals surface area contributed by atoms with Crippen molar-refractivity contribution in [1.82, 2.24) is 10.2 Å². The van der Waals surface area contributed by atoms with Gasteiger partial charge < -0.3 is 20.5 Å². The Morgan fingerprint density at radius 2 is 1.70 bits per heavy atom. The highest BCUT2D eigenvalue weighted by Gasteiger charge is 2.09. The van der Waals surface area contributed by atoms with Gasteiger partial charge in [-0.15, -0.1) is 24.0 Å². The van der Waals surface area contributed by atoms with Crippen molar-refractivity contribution in [3.8, 4) is 0 Å². The minimum atomic E-state index is 0. The number of hydrogen-bond acceptors (Lipinski definition) is 4. The van der Waals surface area contributed by atoms with Gasteiger partial charge in [-0.1, -0.05) is 54.6 Å². The number of rotatable bonds is 10. The Labute approximate surface area is 196 Å². The van der Waals surface area contributed by atoms with Crippen LogP contribution in [0, 0.1) is 0 Å². The monoisotopic (exact) mass is 524 g/mol. The summed E-state index contributed by atoms with van der Waals surface area (Å²) >= 11 is 0. The SMILES string of the molecule is I.NC(=NCc1ccccc1COCc1ccccc1)NCCCN1CCOCC1. The van der Waals surface area contributed by atoms with Crippen LogP contribution in [-0.2, 0) is 29.2 Å². The van der Waals surface area contributed by atoms with Crippen LogP contribution in [0.3, 0.4) is 0 Å². The van der Waals surface area contributed by atoms with Crippen molar-refractivity contribution in [2.75, 3.05) is 39.4 Å². The van der Waals surface area contributed by atoms with Gasteiger partial charge in [-0.2, -0.15) is 0 Å². The standard InChI is InChI=1S/C23H32N4O2.HI/c24-23(25-11-6-12-27-13-15-28-16-14-27)26-17-21-9-4-5-10-22(21)19-29-18-20-7-2-1-3-8-20;/h1-5,7-10H,6,11-19H2,(H3,24,25,26);1H. The summed E-state index contributed by atoms with van der Waals surface area (Å²) in [5.74, 6) is 0.493. The molecule has 0 bridgehead atoms. The Kier molecular flexibility index (Phi) is 11.8. The van der Waals surface area contributed by atoms with Gasteiger partial charge in [-0.25, -0.2) is 4.99 Å². The lowest BCUT2D eigenvalue weighted by molar-refractivity contribution is 0.0376. The van der Waals surface area contributed by atoms with Crippen molar-refractivity contribution in [3.05, 3.63) is 71.3 Å². The van der Waals surface area contributed by atoms with E-state index in [0.29, 0.717) is 25.7 Å². The van der Waals surface area contributed by atoms with Gasteiger partial charge in [0.2, 0.25) is 0 Å². The van der Waals surface area contributed by atoms with Gasteiger partial charge in [-0.3, -0.25) is 4.90 Å². The lowest BCUT2D eigenvalue weighted by Crippen LogP contribution is -2.39. The Morgan fingerprint density at radius 3 is 2.47 bits per heavy atom. The van der Waals surface area contributed by atoms with Crippen molar-refractivity contribution >= 4 is 29.9 Å². The molecule has 3 N–H and O–H groups in total. The van der Waals surface area contributed by atoms with Crippen LogP contribution in [0.2, 0.25) is 0 Å². The van der Waals surface area contributed by atoms with E-state index in [4.69, 9.17) is 15.2 Å². The summed E-state index contributed by atoms with van der Waals surface area (Å²) in [6, 6.07) is 18.4. The maximum absolute atomic E-state index is 6.04. The summed E-state index contributed by atoms with van der Waals surface area (Å²) in [4.78, 5) is 6.92. The maximum Gasteiger partial charge on any atom is 0.188 e. The third kappa shape index (κ3) is 8.99. The van der Waals surface area contributed by atoms with E-state index in [1.165, 1.54) is 5.56 Å². The first-order valence-electron chi connectivity index (χ1n) is 10.3. The van der Waals surface area contributed by atoms with E-state index in [1.54, 1.807) is 0 Å². The molecule has 7 heteroatoms. The van der Waals surface area contributed by atoms with Crippen molar-refractivity contribution in [1.29, 1.82) is 0 Å². The van der Waals surface area contributed by atoms with Gasteiger partial charge in [-0.05, 0) is 29.7 Å². The largest absolute Gasteiger partial charge is 0.379 e. The van der Waals surface area contributed by atoms with Crippen molar-refractivity contribution < 1.29 is 9.47 Å². The molecule has 0 saturated carbocycles. The fourth-order valence-electron chi connectivity index (χ4n) is 3.28. The molecule has 0 aliphatic carbocycles. The average molecular weight is 524 g/mol. The summed E-state index contributed by atoms with van der Waals surface area (Å²) in [7, 11) is 0. The molecule has 1 aliphatic rings. The molecule has 2 aromatic carbocycles. The Bertz CT molecular complexity index is 752. The van der Waals surface area contributed by atoms with E-state index in [-0.39, 0.29) is 24.0 Å². The summed E-state index contributed by atoms with van der Waals surface area (Å²) in [5, 5.41) is 3.22. The molecule has 0 radical (unpaired) electrons. The molecule has 0 aromatic heterocycles. The van der Waals surface area contributed by atoms with Crippen molar-refractivity contribution in [2.24, 2.45) is 10.7 Å². The van der Waals surface area contributed by atoms with Gasteiger partial charge >= 0.3 is 0 Å². The zero-order chi connectivity index (χ0) is 20.2. The highest BCUT2D eigenvalue weighted by atomic mass is 127. The number of nitrogens with zero attached hydrogens (tertiary/aromatic N) is 2. The lowest BCUT2D eigenvalue weighted by atomic mass is 10.1.